The summed E-state index contributed by atoms with van der Waals surface area (Å²) in [5.74, 6) is -1.34. The van der Waals surface area contributed by atoms with Crippen molar-refractivity contribution in [2.24, 2.45) is 0 Å². The highest BCUT2D eigenvalue weighted by atomic mass is 127. The summed E-state index contributed by atoms with van der Waals surface area (Å²) in [6, 6.07) is 14.3. The Labute approximate surface area is 160 Å². The van der Waals surface area contributed by atoms with Gasteiger partial charge in [-0.25, -0.2) is 8.42 Å². The van der Waals surface area contributed by atoms with Crippen LogP contribution in [-0.4, -0.2) is 44.6 Å². The summed E-state index contributed by atoms with van der Waals surface area (Å²) < 4.78 is 26.4. The fraction of sp³-hybridized carbons (Fsp3) is 0.176. The Morgan fingerprint density at radius 1 is 1.00 bits per heavy atom. The number of rotatable bonds is 5. The number of hydrogen-bond acceptors (Lipinski definition) is 4. The van der Waals surface area contributed by atoms with Crippen LogP contribution in [0.25, 0.3) is 0 Å². The molecule has 0 spiro atoms. The van der Waals surface area contributed by atoms with E-state index in [0.29, 0.717) is 9.13 Å². The molecule has 0 aliphatic rings. The van der Waals surface area contributed by atoms with Gasteiger partial charge in [0.25, 0.3) is 11.8 Å². The first-order chi connectivity index (χ1) is 11.7. The van der Waals surface area contributed by atoms with E-state index in [4.69, 9.17) is 0 Å². The molecule has 0 radical (unpaired) electrons. The third-order valence-electron chi connectivity index (χ3n) is 3.43. The number of hydrogen-bond donors (Lipinski definition) is 1. The molecule has 1 unspecified atom stereocenters. The summed E-state index contributed by atoms with van der Waals surface area (Å²) in [5.41, 5.74) is 0.308. The maximum atomic E-state index is 12.9. The van der Waals surface area contributed by atoms with Crippen LogP contribution in [0.5, 0.6) is 0 Å². The molecule has 0 fully saturated rings. The van der Waals surface area contributed by atoms with Gasteiger partial charge in [0.15, 0.2) is 0 Å². The third kappa shape index (κ3) is 4.37. The zero-order valence-corrected chi connectivity index (χ0v) is 16.6. The molecule has 2 aromatic carbocycles. The van der Waals surface area contributed by atoms with Crippen molar-refractivity contribution in [3.8, 4) is 0 Å². The summed E-state index contributed by atoms with van der Waals surface area (Å²) in [4.78, 5) is 26.1. The standard InChI is InChI=1S/C17H17IN2O4S/c1-20(2)17(22)16(25(23,24)12-8-4-3-5-9-12)19-15(21)13-10-6-7-11-14(13)18/h3-11,16H,1-2H3,(H,19,21). The second-order valence-electron chi connectivity index (χ2n) is 5.42. The van der Waals surface area contributed by atoms with Crippen LogP contribution in [0.4, 0.5) is 0 Å². The van der Waals surface area contributed by atoms with Gasteiger partial charge in [0.1, 0.15) is 0 Å². The molecule has 0 saturated heterocycles. The minimum Gasteiger partial charge on any atom is -0.346 e. The molecular formula is C17H17IN2O4S. The van der Waals surface area contributed by atoms with Gasteiger partial charge in [-0.2, -0.15) is 0 Å². The Hall–Kier alpha value is -1.94. The van der Waals surface area contributed by atoms with E-state index in [1.54, 1.807) is 42.5 Å². The molecule has 1 atom stereocenters. The van der Waals surface area contributed by atoms with Crippen LogP contribution in [-0.2, 0) is 14.6 Å². The van der Waals surface area contributed by atoms with Gasteiger partial charge in [0, 0.05) is 17.7 Å². The van der Waals surface area contributed by atoms with Crippen LogP contribution < -0.4 is 5.32 Å². The van der Waals surface area contributed by atoms with E-state index in [0.717, 1.165) is 4.90 Å². The number of carbonyl (C=O) groups is 2. The van der Waals surface area contributed by atoms with E-state index in [2.05, 4.69) is 5.32 Å². The molecule has 2 aromatic rings. The van der Waals surface area contributed by atoms with Crippen molar-refractivity contribution in [2.45, 2.75) is 10.3 Å². The number of sulfone groups is 1. The lowest BCUT2D eigenvalue weighted by molar-refractivity contribution is -0.128. The van der Waals surface area contributed by atoms with Crippen molar-refractivity contribution in [3.05, 3.63) is 63.7 Å². The number of halogens is 1. The van der Waals surface area contributed by atoms with E-state index in [1.807, 2.05) is 22.6 Å². The number of carbonyl (C=O) groups excluding carboxylic acids is 2. The Balaban J connectivity index is 2.43. The molecule has 132 valence electrons. The first kappa shape index (κ1) is 19.4. The predicted octanol–water partition coefficient (Wildman–Crippen LogP) is 1.91. The average molecular weight is 472 g/mol. The molecule has 0 aromatic heterocycles. The van der Waals surface area contributed by atoms with Crippen LogP contribution in [0.15, 0.2) is 59.5 Å². The second kappa shape index (κ2) is 7.96. The Bertz CT molecular complexity index is 883. The van der Waals surface area contributed by atoms with Gasteiger partial charge in [-0.05, 0) is 46.9 Å². The van der Waals surface area contributed by atoms with Crippen molar-refractivity contribution in [3.63, 3.8) is 0 Å². The number of benzene rings is 2. The third-order valence-corrected chi connectivity index (χ3v) is 6.24. The largest absolute Gasteiger partial charge is 0.346 e. The first-order valence-corrected chi connectivity index (χ1v) is 9.93. The van der Waals surface area contributed by atoms with Crippen molar-refractivity contribution in [2.75, 3.05) is 14.1 Å². The Morgan fingerprint density at radius 3 is 2.12 bits per heavy atom. The monoisotopic (exact) mass is 472 g/mol. The zero-order valence-electron chi connectivity index (χ0n) is 13.6. The zero-order chi connectivity index (χ0) is 18.6. The summed E-state index contributed by atoms with van der Waals surface area (Å²) in [7, 11) is -1.21. The predicted molar refractivity (Wildman–Crippen MR) is 103 cm³/mol. The fourth-order valence-electron chi connectivity index (χ4n) is 2.09. The Morgan fingerprint density at radius 2 is 1.56 bits per heavy atom. The van der Waals surface area contributed by atoms with Gasteiger partial charge in [-0.15, -0.1) is 0 Å². The first-order valence-electron chi connectivity index (χ1n) is 7.30. The quantitative estimate of drug-likeness (QED) is 0.675. The van der Waals surface area contributed by atoms with E-state index >= 15 is 0 Å². The SMILES string of the molecule is CN(C)C(=O)C(NC(=O)c1ccccc1I)S(=O)(=O)c1ccccc1. The number of likely N-dealkylation sites (N-methyl/N-ethyl adjacent to an activating group) is 1. The fourth-order valence-corrected chi connectivity index (χ4v) is 4.27. The highest BCUT2D eigenvalue weighted by molar-refractivity contribution is 14.1. The Kier molecular flexibility index (Phi) is 6.17. The lowest BCUT2D eigenvalue weighted by Crippen LogP contribution is -2.51. The molecule has 0 aliphatic heterocycles. The normalized spacial score (nSPS) is 12.3. The van der Waals surface area contributed by atoms with E-state index in [9.17, 15) is 18.0 Å². The van der Waals surface area contributed by atoms with Crippen LogP contribution in [0.1, 0.15) is 10.4 Å². The van der Waals surface area contributed by atoms with Gasteiger partial charge >= 0.3 is 0 Å². The van der Waals surface area contributed by atoms with Gasteiger partial charge in [-0.3, -0.25) is 9.59 Å². The van der Waals surface area contributed by atoms with Crippen LogP contribution >= 0.6 is 22.6 Å². The van der Waals surface area contributed by atoms with E-state index < -0.39 is 27.0 Å². The van der Waals surface area contributed by atoms with Crippen LogP contribution in [0.2, 0.25) is 0 Å². The molecule has 2 amide bonds. The maximum absolute atomic E-state index is 12.9. The van der Waals surface area contributed by atoms with E-state index in [1.165, 1.54) is 26.2 Å². The van der Waals surface area contributed by atoms with Crippen molar-refractivity contribution < 1.29 is 18.0 Å². The number of amides is 2. The van der Waals surface area contributed by atoms with Gasteiger partial charge < -0.3 is 10.2 Å². The van der Waals surface area contributed by atoms with Gasteiger partial charge in [0.2, 0.25) is 15.2 Å². The molecule has 25 heavy (non-hydrogen) atoms. The average Bonchev–Trinajstić information content (AvgIpc) is 2.59. The molecule has 1 N–H and O–H groups in total. The van der Waals surface area contributed by atoms with Crippen LogP contribution in [0, 0.1) is 3.57 Å². The summed E-state index contributed by atoms with van der Waals surface area (Å²) in [5, 5.41) is 0.671. The summed E-state index contributed by atoms with van der Waals surface area (Å²) >= 11 is 1.98. The lowest BCUT2D eigenvalue weighted by atomic mass is 10.2. The molecule has 8 heteroatoms. The highest BCUT2D eigenvalue weighted by Gasteiger charge is 2.36. The van der Waals surface area contributed by atoms with Crippen molar-refractivity contribution >= 4 is 44.2 Å². The van der Waals surface area contributed by atoms with Gasteiger partial charge in [-0.1, -0.05) is 30.3 Å². The molecule has 0 bridgehead atoms. The van der Waals surface area contributed by atoms with Crippen LogP contribution in [0.3, 0.4) is 0 Å². The minimum atomic E-state index is -4.09. The van der Waals surface area contributed by atoms with E-state index in [-0.39, 0.29) is 4.90 Å². The minimum absolute atomic E-state index is 0.0294. The van der Waals surface area contributed by atoms with Gasteiger partial charge in [0.05, 0.1) is 10.5 Å². The number of nitrogens with zero attached hydrogens (tertiary/aromatic N) is 1. The number of nitrogens with one attached hydrogen (secondary N) is 1. The van der Waals surface area contributed by atoms with Crippen molar-refractivity contribution in [1.29, 1.82) is 0 Å². The molecule has 0 aliphatic carbocycles. The smallest absolute Gasteiger partial charge is 0.260 e. The molecule has 0 saturated carbocycles. The molecule has 6 nitrogen and oxygen atoms in total. The molecular weight excluding hydrogens is 455 g/mol. The highest BCUT2D eigenvalue weighted by Crippen LogP contribution is 2.17. The lowest BCUT2D eigenvalue weighted by Gasteiger charge is -2.22. The van der Waals surface area contributed by atoms with Crippen molar-refractivity contribution in [1.82, 2.24) is 10.2 Å². The molecule has 2 rings (SSSR count). The summed E-state index contributed by atoms with van der Waals surface area (Å²) in [6.45, 7) is 0. The molecule has 0 heterocycles. The maximum Gasteiger partial charge on any atom is 0.260 e. The summed E-state index contributed by atoms with van der Waals surface area (Å²) in [6.07, 6.45) is 0. The second-order valence-corrected chi connectivity index (χ2v) is 8.62. The topological polar surface area (TPSA) is 83.6 Å².